The molecule has 1 rings (SSSR count). The highest BCUT2D eigenvalue weighted by molar-refractivity contribution is 5.69. The van der Waals surface area contributed by atoms with Gasteiger partial charge in [0.05, 0.1) is 0 Å². The molecule has 148 valence electrons. The van der Waals surface area contributed by atoms with Gasteiger partial charge >= 0.3 is 5.97 Å². The summed E-state index contributed by atoms with van der Waals surface area (Å²) >= 11 is 0. The van der Waals surface area contributed by atoms with Gasteiger partial charge in [-0.3, -0.25) is 4.79 Å². The second-order valence-electron chi connectivity index (χ2n) is 7.92. The summed E-state index contributed by atoms with van der Waals surface area (Å²) in [4.78, 5) is 12.0. The highest BCUT2D eigenvalue weighted by Crippen LogP contribution is 2.35. The number of unbranched alkanes of at least 4 members (excludes halogenated alkanes) is 5. The quantitative estimate of drug-likeness (QED) is 0.218. The zero-order valence-corrected chi connectivity index (χ0v) is 17.0. The number of esters is 1. The van der Waals surface area contributed by atoms with Crippen molar-refractivity contribution in [2.75, 3.05) is 0 Å². The smallest absolute Gasteiger partial charge is 0.306 e. The number of hydrogen-bond donors (Lipinski definition) is 1. The molecule has 0 heterocycles. The highest BCUT2D eigenvalue weighted by Gasteiger charge is 2.32. The van der Waals surface area contributed by atoms with Crippen molar-refractivity contribution in [2.24, 2.45) is 11.8 Å². The van der Waals surface area contributed by atoms with Gasteiger partial charge in [-0.2, -0.15) is 0 Å². The maximum Gasteiger partial charge on any atom is 0.306 e. The SMILES string of the molecule is C#C[C@@](O)(C=CC1CC(OC(=O)CCCCCC)CC1C)CCCCC. The molecule has 26 heavy (non-hydrogen) atoms. The number of allylic oxidation sites excluding steroid dienone is 1. The summed E-state index contributed by atoms with van der Waals surface area (Å²) in [5, 5.41) is 10.5. The third-order valence-corrected chi connectivity index (χ3v) is 5.46. The molecular weight excluding hydrogens is 324 g/mol. The van der Waals surface area contributed by atoms with Crippen LogP contribution in [-0.2, 0) is 9.53 Å². The Balaban J connectivity index is 2.45. The fourth-order valence-corrected chi connectivity index (χ4v) is 3.66. The maximum atomic E-state index is 12.0. The summed E-state index contributed by atoms with van der Waals surface area (Å²) in [6.45, 7) is 6.48. The third kappa shape index (κ3) is 8.41. The normalized spacial score (nSPS) is 25.1. The molecule has 0 aromatic rings. The molecule has 3 heteroatoms. The Morgan fingerprint density at radius 2 is 1.88 bits per heavy atom. The summed E-state index contributed by atoms with van der Waals surface area (Å²) < 4.78 is 5.65. The van der Waals surface area contributed by atoms with Crippen LogP contribution in [0.2, 0.25) is 0 Å². The van der Waals surface area contributed by atoms with Crippen molar-refractivity contribution < 1.29 is 14.6 Å². The Labute approximate surface area is 160 Å². The molecule has 3 unspecified atom stereocenters. The molecule has 3 nitrogen and oxygen atoms in total. The molecule has 1 aliphatic carbocycles. The molecule has 0 aromatic heterocycles. The molecule has 0 saturated heterocycles. The first-order chi connectivity index (χ1) is 12.4. The van der Waals surface area contributed by atoms with Gasteiger partial charge in [0.2, 0.25) is 0 Å². The van der Waals surface area contributed by atoms with Crippen LogP contribution in [0.4, 0.5) is 0 Å². The van der Waals surface area contributed by atoms with Crippen LogP contribution >= 0.6 is 0 Å². The number of ether oxygens (including phenoxy) is 1. The minimum atomic E-state index is -1.15. The van der Waals surface area contributed by atoms with Gasteiger partial charge < -0.3 is 9.84 Å². The lowest BCUT2D eigenvalue weighted by atomic mass is 9.91. The zero-order chi connectivity index (χ0) is 19.4. The molecule has 1 N–H and O–H groups in total. The lowest BCUT2D eigenvalue weighted by molar-refractivity contribution is -0.149. The van der Waals surface area contributed by atoms with Gasteiger partial charge in [-0.1, -0.05) is 64.9 Å². The Kier molecular flexibility index (Phi) is 10.7. The first-order valence-corrected chi connectivity index (χ1v) is 10.5. The summed E-state index contributed by atoms with van der Waals surface area (Å²) in [5.41, 5.74) is -1.15. The van der Waals surface area contributed by atoms with E-state index in [9.17, 15) is 9.90 Å². The van der Waals surface area contributed by atoms with Crippen LogP contribution in [0.25, 0.3) is 0 Å². The molecule has 1 aliphatic rings. The molecule has 0 spiro atoms. The van der Waals surface area contributed by atoms with Gasteiger partial charge in [0, 0.05) is 6.42 Å². The molecule has 4 atom stereocenters. The van der Waals surface area contributed by atoms with Crippen molar-refractivity contribution in [3.8, 4) is 12.3 Å². The summed E-state index contributed by atoms with van der Waals surface area (Å²) in [5.74, 6) is 3.21. The molecule has 1 fully saturated rings. The largest absolute Gasteiger partial charge is 0.462 e. The average Bonchev–Trinajstić information content (AvgIpc) is 2.96. The Morgan fingerprint density at radius 3 is 2.54 bits per heavy atom. The number of hydrogen-bond acceptors (Lipinski definition) is 3. The predicted octanol–water partition coefficient (Wildman–Crippen LogP) is 5.42. The molecule has 0 bridgehead atoms. The lowest BCUT2D eigenvalue weighted by Crippen LogP contribution is -2.23. The topological polar surface area (TPSA) is 46.5 Å². The number of aliphatic hydroxyl groups is 1. The van der Waals surface area contributed by atoms with Crippen LogP contribution in [-0.4, -0.2) is 22.8 Å². The van der Waals surface area contributed by atoms with Gasteiger partial charge in [0.25, 0.3) is 0 Å². The van der Waals surface area contributed by atoms with Crippen molar-refractivity contribution in [3.05, 3.63) is 12.2 Å². The fraction of sp³-hybridized carbons (Fsp3) is 0.783. The maximum absolute atomic E-state index is 12.0. The predicted molar refractivity (Wildman–Crippen MR) is 108 cm³/mol. The van der Waals surface area contributed by atoms with Gasteiger partial charge in [-0.05, 0) is 50.0 Å². The van der Waals surface area contributed by atoms with Crippen LogP contribution in [0, 0.1) is 24.2 Å². The van der Waals surface area contributed by atoms with Crippen molar-refractivity contribution in [3.63, 3.8) is 0 Å². The molecule has 0 aliphatic heterocycles. The van der Waals surface area contributed by atoms with Crippen LogP contribution in [0.3, 0.4) is 0 Å². The Morgan fingerprint density at radius 1 is 1.19 bits per heavy atom. The second kappa shape index (κ2) is 12.2. The average molecular weight is 363 g/mol. The first-order valence-electron chi connectivity index (χ1n) is 10.5. The lowest BCUT2D eigenvalue weighted by Gasteiger charge is -2.19. The van der Waals surface area contributed by atoms with Crippen LogP contribution in [0.5, 0.6) is 0 Å². The summed E-state index contributed by atoms with van der Waals surface area (Å²) in [6, 6.07) is 0. The number of terminal acetylenes is 1. The highest BCUT2D eigenvalue weighted by atomic mass is 16.5. The van der Waals surface area contributed by atoms with Gasteiger partial charge in [-0.25, -0.2) is 0 Å². The van der Waals surface area contributed by atoms with E-state index >= 15 is 0 Å². The van der Waals surface area contributed by atoms with E-state index in [1.54, 1.807) is 6.08 Å². The molecule has 1 saturated carbocycles. The molecule has 0 aromatic carbocycles. The van der Waals surface area contributed by atoms with E-state index in [2.05, 4.69) is 26.7 Å². The van der Waals surface area contributed by atoms with Crippen molar-refractivity contribution in [1.29, 1.82) is 0 Å². The van der Waals surface area contributed by atoms with E-state index < -0.39 is 5.60 Å². The van der Waals surface area contributed by atoms with Crippen LogP contribution in [0.1, 0.15) is 91.4 Å². The second-order valence-corrected chi connectivity index (χ2v) is 7.92. The van der Waals surface area contributed by atoms with Crippen LogP contribution < -0.4 is 0 Å². The summed E-state index contributed by atoms with van der Waals surface area (Å²) in [6.07, 6.45) is 19.7. The minimum absolute atomic E-state index is 0.00246. The van der Waals surface area contributed by atoms with Gasteiger partial charge in [0.1, 0.15) is 11.7 Å². The van der Waals surface area contributed by atoms with E-state index in [4.69, 9.17) is 11.2 Å². The minimum Gasteiger partial charge on any atom is -0.462 e. The number of rotatable bonds is 12. The third-order valence-electron chi connectivity index (χ3n) is 5.46. The molecular formula is C23H38O3. The monoisotopic (exact) mass is 362 g/mol. The Hall–Kier alpha value is -1.27. The van der Waals surface area contributed by atoms with Crippen molar-refractivity contribution in [2.45, 2.75) is 103 Å². The van der Waals surface area contributed by atoms with E-state index in [-0.39, 0.29) is 12.1 Å². The molecule has 0 amide bonds. The van der Waals surface area contributed by atoms with E-state index in [0.29, 0.717) is 24.7 Å². The summed E-state index contributed by atoms with van der Waals surface area (Å²) in [7, 11) is 0. The van der Waals surface area contributed by atoms with Crippen molar-refractivity contribution in [1.82, 2.24) is 0 Å². The van der Waals surface area contributed by atoms with E-state index in [1.165, 1.54) is 12.8 Å². The molecule has 0 radical (unpaired) electrons. The van der Waals surface area contributed by atoms with Gasteiger partial charge in [0.15, 0.2) is 0 Å². The number of carbonyl (C=O) groups is 1. The zero-order valence-electron chi connectivity index (χ0n) is 17.0. The first kappa shape index (κ1) is 22.8. The van der Waals surface area contributed by atoms with Gasteiger partial charge in [-0.15, -0.1) is 6.42 Å². The van der Waals surface area contributed by atoms with E-state index in [0.717, 1.165) is 44.9 Å². The fourth-order valence-electron chi connectivity index (χ4n) is 3.66. The Bertz CT molecular complexity index is 476. The number of carbonyl (C=O) groups excluding carboxylic acids is 1. The standard InChI is InChI=1S/C23H38O3/c1-5-8-10-11-13-22(24)26-21-17-19(4)20(18-21)14-16-23(25,7-3)15-12-9-6-2/h3,14,16,19-21,25H,5-6,8-13,15,17-18H2,1-2,4H3/t19?,20?,21?,23-/m0/s1. The van der Waals surface area contributed by atoms with Crippen molar-refractivity contribution >= 4 is 5.97 Å². The van der Waals surface area contributed by atoms with E-state index in [1.807, 2.05) is 6.08 Å². The van der Waals surface area contributed by atoms with Crippen LogP contribution in [0.15, 0.2) is 12.2 Å².